The monoisotopic (exact) mass is 311 g/mol. The number of nitrogens with zero attached hydrogens (tertiary/aromatic N) is 4. The molecule has 1 aromatic heterocycles. The fourth-order valence-electron chi connectivity index (χ4n) is 3.56. The van der Waals surface area contributed by atoms with Gasteiger partial charge in [0.05, 0.1) is 0 Å². The van der Waals surface area contributed by atoms with Crippen LogP contribution in [0.15, 0.2) is 42.7 Å². The molecule has 4 rings (SSSR count). The molecule has 1 aliphatic heterocycles. The fourth-order valence-corrected chi connectivity index (χ4v) is 3.56. The van der Waals surface area contributed by atoms with Crippen molar-refractivity contribution in [3.8, 4) is 0 Å². The summed E-state index contributed by atoms with van der Waals surface area (Å²) in [6.45, 7) is 1.94. The highest BCUT2D eigenvalue weighted by molar-refractivity contribution is 5.86. The van der Waals surface area contributed by atoms with E-state index in [-0.39, 0.29) is 11.9 Å². The minimum Gasteiger partial charge on any atom is -0.316 e. The second-order valence-corrected chi connectivity index (χ2v) is 5.99. The van der Waals surface area contributed by atoms with E-state index in [4.69, 9.17) is 0 Å². The largest absolute Gasteiger partial charge is 0.316 e. The lowest BCUT2D eigenvalue weighted by molar-refractivity contribution is 0.262. The Bertz CT molecular complexity index is 796. The predicted molar refractivity (Wildman–Crippen MR) is 85.5 cm³/mol. The van der Waals surface area contributed by atoms with Gasteiger partial charge in [-0.1, -0.05) is 30.3 Å². The molecule has 0 unspecified atom stereocenters. The molecule has 2 heterocycles. The molecule has 2 aromatic carbocycles. The summed E-state index contributed by atoms with van der Waals surface area (Å²) in [4.78, 5) is 1.66. The Balaban J connectivity index is 1.88. The summed E-state index contributed by atoms with van der Waals surface area (Å²) in [5.41, 5.74) is 1.05. The van der Waals surface area contributed by atoms with Gasteiger partial charge >= 0.3 is 0 Å². The Morgan fingerprint density at radius 2 is 2.04 bits per heavy atom. The minimum absolute atomic E-state index is 0.0456. The second-order valence-electron chi connectivity index (χ2n) is 5.99. The van der Waals surface area contributed by atoms with E-state index in [1.807, 2.05) is 30.3 Å². The van der Waals surface area contributed by atoms with Crippen LogP contribution in [0.5, 0.6) is 0 Å². The van der Waals surface area contributed by atoms with Gasteiger partial charge in [-0.05, 0) is 47.5 Å². The van der Waals surface area contributed by atoms with Gasteiger partial charge in [-0.25, -0.2) is 4.39 Å². The number of tetrazole rings is 1. The third kappa shape index (κ3) is 2.59. The van der Waals surface area contributed by atoms with Gasteiger partial charge in [0.2, 0.25) is 0 Å². The molecule has 0 bridgehead atoms. The van der Waals surface area contributed by atoms with E-state index in [0.29, 0.717) is 11.3 Å². The lowest BCUT2D eigenvalue weighted by Gasteiger charge is -2.30. The molecule has 0 saturated carbocycles. The van der Waals surface area contributed by atoms with Crippen molar-refractivity contribution in [1.82, 2.24) is 25.5 Å². The van der Waals surface area contributed by atoms with Gasteiger partial charge in [0.15, 0.2) is 6.33 Å². The summed E-state index contributed by atoms with van der Waals surface area (Å²) in [7, 11) is 0. The molecule has 0 radical (unpaired) electrons. The molecule has 6 heteroatoms. The molecule has 0 amide bonds. The van der Waals surface area contributed by atoms with Crippen molar-refractivity contribution in [2.24, 2.45) is 5.92 Å². The first-order valence-corrected chi connectivity index (χ1v) is 7.95. The number of halogens is 1. The highest BCUT2D eigenvalue weighted by Crippen LogP contribution is 2.35. The summed E-state index contributed by atoms with van der Waals surface area (Å²) < 4.78 is 14.2. The maximum atomic E-state index is 14.2. The number of hydrogen-bond donors (Lipinski definition) is 1. The Morgan fingerprint density at radius 3 is 2.78 bits per heavy atom. The van der Waals surface area contributed by atoms with Crippen LogP contribution in [0.4, 0.5) is 4.39 Å². The SMILES string of the molecule is Fc1ccc([C@H]([C@H]2CCCNC2)n2ncnn2)c2ccccc12. The molecular weight excluding hydrogens is 293 g/mol. The van der Waals surface area contributed by atoms with Crippen LogP contribution in [0.1, 0.15) is 24.4 Å². The third-order valence-electron chi connectivity index (χ3n) is 4.62. The summed E-state index contributed by atoms with van der Waals surface area (Å²) in [5.74, 6) is 0.156. The maximum Gasteiger partial charge on any atom is 0.162 e. The Hall–Kier alpha value is -2.34. The van der Waals surface area contributed by atoms with Crippen LogP contribution >= 0.6 is 0 Å². The molecule has 1 aliphatic rings. The quantitative estimate of drug-likeness (QED) is 0.807. The zero-order valence-electron chi connectivity index (χ0n) is 12.7. The molecule has 2 atom stereocenters. The van der Waals surface area contributed by atoms with E-state index in [1.165, 1.54) is 12.4 Å². The smallest absolute Gasteiger partial charge is 0.162 e. The van der Waals surface area contributed by atoms with E-state index >= 15 is 0 Å². The van der Waals surface area contributed by atoms with Crippen LogP contribution in [-0.2, 0) is 0 Å². The zero-order valence-corrected chi connectivity index (χ0v) is 12.7. The lowest BCUT2D eigenvalue weighted by Crippen LogP contribution is -2.36. The summed E-state index contributed by atoms with van der Waals surface area (Å²) in [6, 6.07) is 10.9. The van der Waals surface area contributed by atoms with Gasteiger partial charge in [-0.15, -0.1) is 10.2 Å². The maximum absolute atomic E-state index is 14.2. The van der Waals surface area contributed by atoms with Crippen molar-refractivity contribution in [1.29, 1.82) is 0 Å². The molecule has 118 valence electrons. The number of aromatic nitrogens is 4. The number of benzene rings is 2. The average molecular weight is 311 g/mol. The van der Waals surface area contributed by atoms with Crippen LogP contribution in [-0.4, -0.2) is 33.3 Å². The number of piperidine rings is 1. The van der Waals surface area contributed by atoms with Crippen molar-refractivity contribution in [2.75, 3.05) is 13.1 Å². The highest BCUT2D eigenvalue weighted by atomic mass is 19.1. The van der Waals surface area contributed by atoms with Crippen LogP contribution in [0, 0.1) is 11.7 Å². The number of nitrogens with one attached hydrogen (secondary N) is 1. The van der Waals surface area contributed by atoms with E-state index in [1.54, 1.807) is 4.80 Å². The molecule has 23 heavy (non-hydrogen) atoms. The summed E-state index contributed by atoms with van der Waals surface area (Å²) in [5, 5.41) is 17.3. The van der Waals surface area contributed by atoms with E-state index < -0.39 is 0 Å². The van der Waals surface area contributed by atoms with Crippen molar-refractivity contribution in [2.45, 2.75) is 18.9 Å². The van der Waals surface area contributed by atoms with Gasteiger partial charge < -0.3 is 5.32 Å². The number of hydrogen-bond acceptors (Lipinski definition) is 4. The topological polar surface area (TPSA) is 55.6 Å². The van der Waals surface area contributed by atoms with E-state index in [0.717, 1.165) is 36.9 Å². The van der Waals surface area contributed by atoms with Crippen molar-refractivity contribution in [3.63, 3.8) is 0 Å². The first-order valence-electron chi connectivity index (χ1n) is 7.95. The second kappa shape index (κ2) is 6.04. The number of fused-ring (bicyclic) bond motifs is 1. The van der Waals surface area contributed by atoms with Crippen molar-refractivity contribution >= 4 is 10.8 Å². The summed E-state index contributed by atoms with van der Waals surface area (Å²) >= 11 is 0. The molecule has 5 nitrogen and oxygen atoms in total. The standard InChI is InChI=1S/C17H18FN5/c18-16-8-7-15(13-5-1-2-6-14(13)16)17(23-21-11-20-22-23)12-4-3-9-19-10-12/h1-2,5-8,11-12,17,19H,3-4,9-10H2/t12-,17-/m0/s1. The van der Waals surface area contributed by atoms with Crippen LogP contribution in [0.3, 0.4) is 0 Å². The van der Waals surface area contributed by atoms with Gasteiger partial charge in [0, 0.05) is 11.9 Å². The third-order valence-corrected chi connectivity index (χ3v) is 4.62. The molecule has 0 aliphatic carbocycles. The van der Waals surface area contributed by atoms with Crippen molar-refractivity contribution in [3.05, 3.63) is 54.1 Å². The molecule has 1 saturated heterocycles. The Morgan fingerprint density at radius 1 is 1.17 bits per heavy atom. The average Bonchev–Trinajstić information content (AvgIpc) is 3.13. The van der Waals surface area contributed by atoms with Crippen LogP contribution in [0.25, 0.3) is 10.8 Å². The van der Waals surface area contributed by atoms with E-state index in [9.17, 15) is 4.39 Å². The van der Waals surface area contributed by atoms with Crippen LogP contribution in [0.2, 0.25) is 0 Å². The first-order chi connectivity index (χ1) is 11.3. The van der Waals surface area contributed by atoms with Gasteiger partial charge in [0.1, 0.15) is 11.9 Å². The Kier molecular flexibility index (Phi) is 3.75. The minimum atomic E-state index is -0.198. The van der Waals surface area contributed by atoms with Gasteiger partial charge in [-0.2, -0.15) is 4.80 Å². The Labute approximate surface area is 133 Å². The fraction of sp³-hybridized carbons (Fsp3) is 0.353. The summed E-state index contributed by atoms with van der Waals surface area (Å²) in [6.07, 6.45) is 3.66. The van der Waals surface area contributed by atoms with Crippen LogP contribution < -0.4 is 5.32 Å². The first kappa shape index (κ1) is 14.3. The zero-order chi connectivity index (χ0) is 15.6. The normalized spacial score (nSPS) is 19.8. The lowest BCUT2D eigenvalue weighted by atomic mass is 9.85. The van der Waals surface area contributed by atoms with Gasteiger partial charge in [0.25, 0.3) is 0 Å². The van der Waals surface area contributed by atoms with Gasteiger partial charge in [-0.3, -0.25) is 0 Å². The van der Waals surface area contributed by atoms with E-state index in [2.05, 4.69) is 20.7 Å². The van der Waals surface area contributed by atoms with Crippen molar-refractivity contribution < 1.29 is 4.39 Å². The molecular formula is C17H18FN5. The molecule has 1 fully saturated rings. The molecule has 0 spiro atoms. The number of rotatable bonds is 3. The predicted octanol–water partition coefficient (Wildman–Crippen LogP) is 2.55. The highest BCUT2D eigenvalue weighted by Gasteiger charge is 2.29. The molecule has 3 aromatic rings. The molecule has 1 N–H and O–H groups in total.